The van der Waals surface area contributed by atoms with Crippen LogP contribution in [0.4, 0.5) is 0 Å². The molecule has 2 aromatic carbocycles. The first-order valence-corrected chi connectivity index (χ1v) is 9.53. The molecule has 0 saturated heterocycles. The number of aliphatic hydroxyl groups is 5. The van der Waals surface area contributed by atoms with E-state index in [1.54, 1.807) is 42.5 Å². The lowest BCUT2D eigenvalue weighted by molar-refractivity contribution is -0.286. The monoisotopic (exact) mass is 406 g/mol. The third kappa shape index (κ3) is 3.55. The Kier molecular flexibility index (Phi) is 6.09. The van der Waals surface area contributed by atoms with Crippen LogP contribution >= 0.6 is 11.8 Å². The molecule has 8 heteroatoms. The van der Waals surface area contributed by atoms with Crippen molar-refractivity contribution in [2.45, 2.75) is 28.1 Å². The largest absolute Gasteiger partial charge is 0.465 e. The summed E-state index contributed by atoms with van der Waals surface area (Å²) in [4.78, 5) is 12.3. The molecule has 1 aliphatic carbocycles. The molecule has 0 heterocycles. The predicted molar refractivity (Wildman–Crippen MR) is 103 cm³/mol. The third-order valence-electron chi connectivity index (χ3n) is 5.11. The number of rotatable bonds is 6. The summed E-state index contributed by atoms with van der Waals surface area (Å²) >= 11 is 0.916. The van der Waals surface area contributed by atoms with Crippen molar-refractivity contribution in [1.29, 1.82) is 0 Å². The molecule has 3 rings (SSSR count). The number of methoxy groups -OCH3 is 1. The Morgan fingerprint density at radius 2 is 1.86 bits per heavy atom. The highest BCUT2D eigenvalue weighted by atomic mass is 32.2. The second-order valence-electron chi connectivity index (χ2n) is 6.68. The van der Waals surface area contributed by atoms with Gasteiger partial charge in [0.1, 0.15) is 17.1 Å². The van der Waals surface area contributed by atoms with Gasteiger partial charge in [0.25, 0.3) is 0 Å². The molecule has 28 heavy (non-hydrogen) atoms. The zero-order valence-electron chi connectivity index (χ0n) is 15.1. The van der Waals surface area contributed by atoms with Crippen LogP contribution in [0.1, 0.15) is 10.4 Å². The quantitative estimate of drug-likeness (QED) is 0.268. The summed E-state index contributed by atoms with van der Waals surface area (Å²) in [6.45, 7) is -0.554. The molecule has 2 aromatic rings. The van der Waals surface area contributed by atoms with Gasteiger partial charge in [-0.1, -0.05) is 36.0 Å². The van der Waals surface area contributed by atoms with E-state index in [2.05, 4.69) is 0 Å². The van der Waals surface area contributed by atoms with Crippen molar-refractivity contribution in [3.63, 3.8) is 0 Å². The minimum atomic E-state index is -1.99. The molecule has 5 atom stereocenters. The average molecular weight is 406 g/mol. The molecule has 5 N–H and O–H groups in total. The maximum absolute atomic E-state index is 11.7. The molecule has 0 spiro atoms. The fourth-order valence-electron chi connectivity index (χ4n) is 3.34. The molecular formula is C20H22O7S. The Morgan fingerprint density at radius 1 is 1.18 bits per heavy atom. The Morgan fingerprint density at radius 3 is 2.46 bits per heavy atom. The molecule has 7 nitrogen and oxygen atoms in total. The number of carbonyl (C=O) groups is 1. The van der Waals surface area contributed by atoms with Gasteiger partial charge in [-0.25, -0.2) is 4.79 Å². The highest BCUT2D eigenvalue weighted by molar-refractivity contribution is 7.99. The second kappa shape index (κ2) is 8.20. The molecule has 0 aromatic heterocycles. The van der Waals surface area contributed by atoms with Crippen molar-refractivity contribution in [2.75, 3.05) is 13.7 Å². The van der Waals surface area contributed by atoms with E-state index in [0.717, 1.165) is 22.9 Å². The van der Waals surface area contributed by atoms with Gasteiger partial charge in [0.05, 0.1) is 25.4 Å². The van der Waals surface area contributed by atoms with Gasteiger partial charge in [-0.3, -0.25) is 0 Å². The SMILES string of the molecule is COC(=O)c1cccc(-c2ccc(SC(O)C3(O)C(O)C(O)C3CO)cc2)c1. The van der Waals surface area contributed by atoms with Crippen LogP contribution in [0, 0.1) is 5.92 Å². The fourth-order valence-corrected chi connectivity index (χ4v) is 4.40. The van der Waals surface area contributed by atoms with E-state index in [9.17, 15) is 30.3 Å². The molecule has 0 amide bonds. The van der Waals surface area contributed by atoms with Gasteiger partial charge in [0, 0.05) is 10.8 Å². The van der Waals surface area contributed by atoms with E-state index >= 15 is 0 Å². The van der Waals surface area contributed by atoms with Gasteiger partial charge >= 0.3 is 5.97 Å². The first kappa shape index (κ1) is 20.8. The van der Waals surface area contributed by atoms with Crippen molar-refractivity contribution in [2.24, 2.45) is 5.92 Å². The van der Waals surface area contributed by atoms with Crippen LogP contribution in [-0.4, -0.2) is 68.5 Å². The van der Waals surface area contributed by atoms with Gasteiger partial charge < -0.3 is 30.3 Å². The number of carbonyl (C=O) groups excluding carboxylic acids is 1. The second-order valence-corrected chi connectivity index (χ2v) is 7.83. The van der Waals surface area contributed by atoms with Gasteiger partial charge in [0.2, 0.25) is 0 Å². The van der Waals surface area contributed by atoms with E-state index < -0.39 is 41.7 Å². The molecule has 1 fully saturated rings. The highest BCUT2D eigenvalue weighted by Gasteiger charge is 2.64. The number of esters is 1. The minimum absolute atomic E-state index is 0.426. The number of hydrogen-bond acceptors (Lipinski definition) is 8. The van der Waals surface area contributed by atoms with Gasteiger partial charge in [-0.05, 0) is 35.4 Å². The number of benzene rings is 2. The maximum Gasteiger partial charge on any atom is 0.337 e. The summed E-state index contributed by atoms with van der Waals surface area (Å²) in [7, 11) is 1.32. The van der Waals surface area contributed by atoms with Crippen molar-refractivity contribution in [3.8, 4) is 11.1 Å². The van der Waals surface area contributed by atoms with Crippen molar-refractivity contribution in [1.82, 2.24) is 0 Å². The van der Waals surface area contributed by atoms with Gasteiger partial charge in [-0.2, -0.15) is 0 Å². The molecule has 0 radical (unpaired) electrons. The van der Waals surface area contributed by atoms with Crippen molar-refractivity contribution >= 4 is 17.7 Å². The standard InChI is InChI=1S/C20H22O7S/c1-27-18(24)13-4-2-3-12(9-13)11-5-7-14(8-6-11)28-19(25)20(26)15(10-21)16(22)17(20)23/h2-9,15-17,19,21-23,25-26H,10H2,1H3. The van der Waals surface area contributed by atoms with Crippen LogP contribution in [0.15, 0.2) is 53.4 Å². The maximum atomic E-state index is 11.7. The minimum Gasteiger partial charge on any atom is -0.465 e. The first-order valence-electron chi connectivity index (χ1n) is 8.65. The molecule has 0 aliphatic heterocycles. The summed E-state index contributed by atoms with van der Waals surface area (Å²) in [5.74, 6) is -1.45. The third-order valence-corrected chi connectivity index (χ3v) is 6.26. The summed E-state index contributed by atoms with van der Waals surface area (Å²) in [5.41, 5.74) is -1.33. The normalized spacial score (nSPS) is 27.7. The van der Waals surface area contributed by atoms with E-state index in [4.69, 9.17) is 4.74 Å². The smallest absolute Gasteiger partial charge is 0.337 e. The lowest BCUT2D eigenvalue weighted by atomic mass is 9.65. The number of ether oxygens (including phenoxy) is 1. The summed E-state index contributed by atoms with van der Waals surface area (Å²) in [6.07, 6.45) is -2.82. The average Bonchev–Trinajstić information content (AvgIpc) is 2.73. The number of hydrogen-bond donors (Lipinski definition) is 5. The molecule has 5 unspecified atom stereocenters. The summed E-state index contributed by atoms with van der Waals surface area (Å²) in [5, 5.41) is 49.6. The van der Waals surface area contributed by atoms with E-state index in [1.807, 2.05) is 6.07 Å². The van der Waals surface area contributed by atoms with Crippen molar-refractivity contribution < 1.29 is 35.1 Å². The Bertz CT molecular complexity index is 841. The lowest BCUT2D eigenvalue weighted by Gasteiger charge is -2.54. The topological polar surface area (TPSA) is 127 Å². The van der Waals surface area contributed by atoms with Crippen molar-refractivity contribution in [3.05, 3.63) is 54.1 Å². The summed E-state index contributed by atoms with van der Waals surface area (Å²) < 4.78 is 4.72. The molecule has 0 bridgehead atoms. The molecule has 1 aliphatic rings. The van der Waals surface area contributed by atoms with E-state index in [1.165, 1.54) is 7.11 Å². The first-order chi connectivity index (χ1) is 13.3. The zero-order chi connectivity index (χ0) is 20.5. The Labute approximate surface area is 166 Å². The highest BCUT2D eigenvalue weighted by Crippen LogP contribution is 2.46. The van der Waals surface area contributed by atoms with Crippen LogP contribution in [0.3, 0.4) is 0 Å². The zero-order valence-corrected chi connectivity index (χ0v) is 15.9. The Hall–Kier alpha value is -1.94. The van der Waals surface area contributed by atoms with Gasteiger partial charge in [-0.15, -0.1) is 0 Å². The fraction of sp³-hybridized carbons (Fsp3) is 0.350. The lowest BCUT2D eigenvalue weighted by Crippen LogP contribution is -2.74. The van der Waals surface area contributed by atoms with E-state index in [-0.39, 0.29) is 0 Å². The van der Waals surface area contributed by atoms with Crippen LogP contribution < -0.4 is 0 Å². The molecule has 1 saturated carbocycles. The molecule has 150 valence electrons. The molecular weight excluding hydrogens is 384 g/mol. The predicted octanol–water partition coefficient (Wildman–Crippen LogP) is 0.626. The van der Waals surface area contributed by atoms with Crippen LogP contribution in [-0.2, 0) is 4.74 Å². The van der Waals surface area contributed by atoms with Crippen LogP contribution in [0.25, 0.3) is 11.1 Å². The number of aliphatic hydroxyl groups excluding tert-OH is 4. The van der Waals surface area contributed by atoms with Gasteiger partial charge in [0.15, 0.2) is 0 Å². The summed E-state index contributed by atoms with van der Waals surface area (Å²) in [6, 6.07) is 14.0. The Balaban J connectivity index is 1.74. The van der Waals surface area contributed by atoms with E-state index in [0.29, 0.717) is 10.5 Å². The van der Waals surface area contributed by atoms with Crippen LogP contribution in [0.2, 0.25) is 0 Å². The number of thioether (sulfide) groups is 1. The van der Waals surface area contributed by atoms with Crippen LogP contribution in [0.5, 0.6) is 0 Å².